The van der Waals surface area contributed by atoms with E-state index in [4.69, 9.17) is 4.74 Å². The lowest BCUT2D eigenvalue weighted by Crippen LogP contribution is -2.41. The van der Waals surface area contributed by atoms with Crippen molar-refractivity contribution in [2.24, 2.45) is 5.92 Å². The van der Waals surface area contributed by atoms with Gasteiger partial charge in [0.15, 0.2) is 0 Å². The van der Waals surface area contributed by atoms with Crippen LogP contribution in [0.4, 0.5) is 0 Å². The average molecular weight is 418 g/mol. The fourth-order valence-corrected chi connectivity index (χ4v) is 4.13. The number of carbonyl (C=O) groups is 1. The zero-order valence-corrected chi connectivity index (χ0v) is 17.7. The van der Waals surface area contributed by atoms with E-state index in [9.17, 15) is 9.59 Å². The second kappa shape index (κ2) is 9.60. The summed E-state index contributed by atoms with van der Waals surface area (Å²) in [5, 5.41) is 0. The number of carbonyl (C=O) groups excluding carboxylic acids is 1. The molecule has 0 aliphatic carbocycles. The summed E-state index contributed by atoms with van der Waals surface area (Å²) in [5.41, 5.74) is 2.39. The van der Waals surface area contributed by atoms with Gasteiger partial charge in [-0.05, 0) is 42.9 Å². The van der Waals surface area contributed by atoms with Crippen LogP contribution < -0.4 is 10.3 Å². The smallest absolute Gasteiger partial charge is 0.254 e. The molecule has 0 N–H and O–H groups in total. The molecule has 31 heavy (non-hydrogen) atoms. The van der Waals surface area contributed by atoms with Crippen molar-refractivity contribution in [2.45, 2.75) is 25.8 Å². The molecule has 6 heteroatoms. The molecule has 0 spiro atoms. The molecule has 1 amide bonds. The number of likely N-dealkylation sites (tertiary alicyclic amines) is 1. The molecule has 0 radical (unpaired) electrons. The van der Waals surface area contributed by atoms with Crippen LogP contribution >= 0.6 is 0 Å². The number of amides is 1. The first-order chi connectivity index (χ1) is 15.1. The number of hydrogen-bond donors (Lipinski definition) is 0. The van der Waals surface area contributed by atoms with Crippen molar-refractivity contribution in [1.82, 2.24) is 14.5 Å². The number of rotatable bonds is 6. The average Bonchev–Trinajstić information content (AvgIpc) is 2.81. The fraction of sp³-hybridized carbons (Fsp3) is 0.320. The highest BCUT2D eigenvalue weighted by molar-refractivity contribution is 5.76. The number of benzene rings is 2. The van der Waals surface area contributed by atoms with Crippen molar-refractivity contribution < 1.29 is 9.53 Å². The van der Waals surface area contributed by atoms with Gasteiger partial charge in [0.05, 0.1) is 19.1 Å². The van der Waals surface area contributed by atoms with Crippen LogP contribution in [-0.2, 0) is 17.8 Å². The summed E-state index contributed by atoms with van der Waals surface area (Å²) in [4.78, 5) is 31.6. The Hall–Kier alpha value is -3.41. The third-order valence-corrected chi connectivity index (χ3v) is 5.90. The Morgan fingerprint density at radius 2 is 1.77 bits per heavy atom. The number of methoxy groups -OCH3 is 1. The van der Waals surface area contributed by atoms with Crippen molar-refractivity contribution in [1.29, 1.82) is 0 Å². The van der Waals surface area contributed by atoms with Gasteiger partial charge in [-0.3, -0.25) is 14.2 Å². The second-order valence-corrected chi connectivity index (χ2v) is 7.95. The molecule has 160 valence electrons. The summed E-state index contributed by atoms with van der Waals surface area (Å²) in [5.74, 6) is 1.21. The van der Waals surface area contributed by atoms with E-state index < -0.39 is 0 Å². The van der Waals surface area contributed by atoms with Gasteiger partial charge < -0.3 is 9.64 Å². The number of nitrogens with zero attached hydrogens (tertiary/aromatic N) is 3. The maximum Gasteiger partial charge on any atom is 0.254 e. The molecule has 2 heterocycles. The SMILES string of the molecule is COc1ccccc1-c1cc(=O)n(CC(=O)N2CCC(Cc3ccccc3)CC2)cn1. The number of ether oxygens (including phenoxy) is 1. The van der Waals surface area contributed by atoms with E-state index in [1.807, 2.05) is 35.2 Å². The zero-order chi connectivity index (χ0) is 21.6. The van der Waals surface area contributed by atoms with Gasteiger partial charge in [0.1, 0.15) is 12.3 Å². The minimum Gasteiger partial charge on any atom is -0.496 e. The van der Waals surface area contributed by atoms with Crippen LogP contribution in [0.3, 0.4) is 0 Å². The lowest BCUT2D eigenvalue weighted by molar-refractivity contribution is -0.133. The predicted octanol–water partition coefficient (Wildman–Crippen LogP) is 3.40. The minimum absolute atomic E-state index is 0.0153. The van der Waals surface area contributed by atoms with Gasteiger partial charge >= 0.3 is 0 Å². The summed E-state index contributed by atoms with van der Waals surface area (Å²) in [6, 6.07) is 19.4. The molecular formula is C25H27N3O3. The Labute approximate surface area is 182 Å². The summed E-state index contributed by atoms with van der Waals surface area (Å²) < 4.78 is 6.72. The molecule has 0 unspecified atom stereocenters. The lowest BCUT2D eigenvalue weighted by atomic mass is 9.90. The Balaban J connectivity index is 1.36. The number of para-hydroxylation sites is 1. The van der Waals surface area contributed by atoms with Crippen LogP contribution in [0.5, 0.6) is 5.75 Å². The normalized spacial score (nSPS) is 14.4. The first-order valence-electron chi connectivity index (χ1n) is 10.7. The molecule has 1 fully saturated rings. The van der Waals surface area contributed by atoms with E-state index in [0.29, 0.717) is 17.4 Å². The van der Waals surface area contributed by atoms with E-state index in [0.717, 1.165) is 37.9 Å². The zero-order valence-electron chi connectivity index (χ0n) is 17.7. The van der Waals surface area contributed by atoms with Gasteiger partial charge in [-0.2, -0.15) is 0 Å². The Morgan fingerprint density at radius 1 is 1.06 bits per heavy atom. The largest absolute Gasteiger partial charge is 0.496 e. The van der Waals surface area contributed by atoms with E-state index in [2.05, 4.69) is 29.2 Å². The Kier molecular flexibility index (Phi) is 6.46. The van der Waals surface area contributed by atoms with Crippen LogP contribution in [0.25, 0.3) is 11.3 Å². The first-order valence-corrected chi connectivity index (χ1v) is 10.7. The highest BCUT2D eigenvalue weighted by Gasteiger charge is 2.23. The summed E-state index contributed by atoms with van der Waals surface area (Å²) in [6.45, 7) is 1.48. The van der Waals surface area contributed by atoms with E-state index in [-0.39, 0.29) is 18.0 Å². The van der Waals surface area contributed by atoms with Crippen LogP contribution in [-0.4, -0.2) is 40.6 Å². The summed E-state index contributed by atoms with van der Waals surface area (Å²) in [7, 11) is 1.59. The molecule has 1 aromatic heterocycles. The first kappa shape index (κ1) is 20.8. The van der Waals surface area contributed by atoms with Crippen molar-refractivity contribution in [3.63, 3.8) is 0 Å². The van der Waals surface area contributed by atoms with E-state index in [1.54, 1.807) is 7.11 Å². The van der Waals surface area contributed by atoms with Crippen molar-refractivity contribution in [3.05, 3.63) is 82.9 Å². The second-order valence-electron chi connectivity index (χ2n) is 7.95. The quantitative estimate of drug-likeness (QED) is 0.617. The van der Waals surface area contributed by atoms with Gasteiger partial charge in [-0.25, -0.2) is 4.98 Å². The number of piperidine rings is 1. The van der Waals surface area contributed by atoms with Crippen LogP contribution in [0, 0.1) is 5.92 Å². The molecule has 1 saturated heterocycles. The predicted molar refractivity (Wildman–Crippen MR) is 120 cm³/mol. The van der Waals surface area contributed by atoms with Gasteiger partial charge in [-0.15, -0.1) is 0 Å². The maximum atomic E-state index is 12.8. The van der Waals surface area contributed by atoms with Gasteiger partial charge in [0, 0.05) is 24.7 Å². The van der Waals surface area contributed by atoms with Gasteiger partial charge in [0.25, 0.3) is 5.56 Å². The molecular weight excluding hydrogens is 390 g/mol. The molecule has 1 aliphatic heterocycles. The fourth-order valence-electron chi connectivity index (χ4n) is 4.13. The number of aromatic nitrogens is 2. The standard InChI is InChI=1S/C25H27N3O3/c1-31-23-10-6-5-9-21(23)22-16-24(29)28(18-26-22)17-25(30)27-13-11-20(12-14-27)15-19-7-3-2-4-8-19/h2-10,16,18,20H,11-15,17H2,1H3. The van der Waals surface area contributed by atoms with Gasteiger partial charge in [-0.1, -0.05) is 42.5 Å². The summed E-state index contributed by atoms with van der Waals surface area (Å²) in [6.07, 6.45) is 4.47. The molecule has 0 atom stereocenters. The van der Waals surface area contributed by atoms with Crippen LogP contribution in [0.2, 0.25) is 0 Å². The third kappa shape index (κ3) is 5.02. The highest BCUT2D eigenvalue weighted by Crippen LogP contribution is 2.27. The lowest BCUT2D eigenvalue weighted by Gasteiger charge is -2.32. The molecule has 3 aromatic rings. The van der Waals surface area contributed by atoms with Crippen molar-refractivity contribution in [2.75, 3.05) is 20.2 Å². The van der Waals surface area contributed by atoms with E-state index in [1.165, 1.54) is 22.5 Å². The molecule has 6 nitrogen and oxygen atoms in total. The molecule has 0 saturated carbocycles. The monoisotopic (exact) mass is 417 g/mol. The van der Waals surface area contributed by atoms with Gasteiger partial charge in [0.2, 0.25) is 5.91 Å². The van der Waals surface area contributed by atoms with Crippen LogP contribution in [0.15, 0.2) is 71.8 Å². The Morgan fingerprint density at radius 3 is 2.48 bits per heavy atom. The van der Waals surface area contributed by atoms with E-state index >= 15 is 0 Å². The molecule has 2 aromatic carbocycles. The molecule has 0 bridgehead atoms. The topological polar surface area (TPSA) is 64.4 Å². The number of hydrogen-bond acceptors (Lipinski definition) is 4. The minimum atomic E-state index is -0.247. The Bertz CT molecular complexity index is 1090. The molecule has 1 aliphatic rings. The summed E-state index contributed by atoms with van der Waals surface area (Å²) >= 11 is 0. The third-order valence-electron chi connectivity index (χ3n) is 5.90. The molecule has 4 rings (SSSR count). The highest BCUT2D eigenvalue weighted by atomic mass is 16.5. The van der Waals surface area contributed by atoms with Crippen molar-refractivity contribution in [3.8, 4) is 17.0 Å². The van der Waals surface area contributed by atoms with Crippen LogP contribution in [0.1, 0.15) is 18.4 Å². The maximum absolute atomic E-state index is 12.8. The van der Waals surface area contributed by atoms with Crippen molar-refractivity contribution >= 4 is 5.91 Å².